The maximum atomic E-state index is 10.7. The van der Waals surface area contributed by atoms with E-state index in [0.29, 0.717) is 6.42 Å². The molecule has 0 rings (SSSR count). The minimum absolute atomic E-state index is 0.0892. The third-order valence-electron chi connectivity index (χ3n) is 1.50. The molecule has 0 spiro atoms. The van der Waals surface area contributed by atoms with Gasteiger partial charge in [-0.3, -0.25) is 4.79 Å². The second kappa shape index (κ2) is 5.33. The predicted molar refractivity (Wildman–Crippen MR) is 43.1 cm³/mol. The van der Waals surface area contributed by atoms with E-state index in [2.05, 4.69) is 0 Å². The Kier molecular flexibility index (Phi) is 5.08. The van der Waals surface area contributed by atoms with Gasteiger partial charge in [0.2, 0.25) is 0 Å². The molecule has 0 saturated heterocycles. The Morgan fingerprint density at radius 2 is 1.80 bits per heavy atom. The summed E-state index contributed by atoms with van der Waals surface area (Å²) < 4.78 is 5.06. The van der Waals surface area contributed by atoms with Crippen LogP contribution >= 0.6 is 0 Å². The molecule has 0 aliphatic rings. The summed E-state index contributed by atoms with van der Waals surface area (Å²) in [7, 11) is 0. The van der Waals surface area contributed by atoms with Crippen LogP contribution in [-0.4, -0.2) is 12.9 Å². The van der Waals surface area contributed by atoms with Crippen LogP contribution in [-0.2, 0) is 9.45 Å². The van der Waals surface area contributed by atoms with Crippen LogP contribution in [0, 0.1) is 0 Å². The van der Waals surface area contributed by atoms with Gasteiger partial charge < -0.3 is 4.65 Å². The van der Waals surface area contributed by atoms with E-state index >= 15 is 0 Å². The van der Waals surface area contributed by atoms with Crippen LogP contribution in [0.5, 0.6) is 0 Å². The minimum atomic E-state index is -0.0892. The Morgan fingerprint density at radius 1 is 1.30 bits per heavy atom. The van der Waals surface area contributed by atoms with Crippen LogP contribution in [0.1, 0.15) is 27.2 Å². The average molecular weight is 142 g/mol. The highest BCUT2D eigenvalue weighted by atomic mass is 16.5. The van der Waals surface area contributed by atoms with E-state index in [1.165, 1.54) is 0 Å². The fraction of sp³-hybridized carbons (Fsp3) is 0.857. The summed E-state index contributed by atoms with van der Waals surface area (Å²) in [5.41, 5.74) is 0. The molecule has 2 nitrogen and oxygen atoms in total. The summed E-state index contributed by atoms with van der Waals surface area (Å²) in [4.78, 5) is 10.7. The molecule has 0 aromatic carbocycles. The second-order valence-corrected chi connectivity index (χ2v) is 2.28. The van der Waals surface area contributed by atoms with Gasteiger partial charge >= 0.3 is 6.92 Å². The smallest absolute Gasteiger partial charge is 0.361 e. The van der Waals surface area contributed by atoms with E-state index < -0.39 is 0 Å². The number of carbonyl (C=O) groups is 1. The normalized spacial score (nSPS) is 9.10. The molecule has 0 N–H and O–H groups in total. The molecule has 0 unspecified atom stereocenters. The van der Waals surface area contributed by atoms with Crippen molar-refractivity contribution in [2.75, 3.05) is 0 Å². The maximum absolute atomic E-state index is 10.7. The van der Waals surface area contributed by atoms with Crippen LogP contribution < -0.4 is 0 Å². The van der Waals surface area contributed by atoms with Crippen molar-refractivity contribution in [3.05, 3.63) is 0 Å². The standard InChI is InChI=1S/C7H15BO2/c1-4-7(9)10-8(5-2)6-3/h4-6H2,1-3H3. The van der Waals surface area contributed by atoms with Gasteiger partial charge in [0.1, 0.15) is 0 Å². The van der Waals surface area contributed by atoms with Gasteiger partial charge in [0, 0.05) is 6.42 Å². The number of rotatable bonds is 4. The van der Waals surface area contributed by atoms with Crippen LogP contribution in [0.2, 0.25) is 12.6 Å². The Morgan fingerprint density at radius 3 is 2.10 bits per heavy atom. The van der Waals surface area contributed by atoms with Crippen molar-refractivity contribution in [1.29, 1.82) is 0 Å². The van der Waals surface area contributed by atoms with E-state index in [1.807, 2.05) is 20.8 Å². The summed E-state index contributed by atoms with van der Waals surface area (Å²) in [6.45, 7) is 5.99. The molecule has 0 aromatic rings. The lowest BCUT2D eigenvalue weighted by molar-refractivity contribution is -0.134. The minimum Gasteiger partial charge on any atom is -0.536 e. The van der Waals surface area contributed by atoms with Crippen molar-refractivity contribution in [2.45, 2.75) is 39.8 Å². The summed E-state index contributed by atoms with van der Waals surface area (Å²) in [6, 6.07) is 0. The molecule has 0 atom stereocenters. The van der Waals surface area contributed by atoms with Gasteiger partial charge in [0.25, 0.3) is 5.97 Å². The monoisotopic (exact) mass is 142 g/mol. The average Bonchev–Trinajstić information content (AvgIpc) is 1.99. The summed E-state index contributed by atoms with van der Waals surface area (Å²) in [5.74, 6) is -0.0892. The molecule has 0 fully saturated rings. The molecule has 0 radical (unpaired) electrons. The lowest BCUT2D eigenvalue weighted by Gasteiger charge is -2.08. The zero-order chi connectivity index (χ0) is 7.98. The van der Waals surface area contributed by atoms with Crippen LogP contribution in [0.3, 0.4) is 0 Å². The van der Waals surface area contributed by atoms with Crippen molar-refractivity contribution in [2.24, 2.45) is 0 Å². The summed E-state index contributed by atoms with van der Waals surface area (Å²) in [5, 5.41) is 0. The van der Waals surface area contributed by atoms with E-state index in [4.69, 9.17) is 4.65 Å². The molecular formula is C7H15BO2. The Bertz CT molecular complexity index is 99.8. The van der Waals surface area contributed by atoms with Crippen molar-refractivity contribution in [1.82, 2.24) is 0 Å². The summed E-state index contributed by atoms with van der Waals surface area (Å²) in [6.07, 6.45) is 2.32. The molecule has 0 saturated carbocycles. The first-order valence-electron chi connectivity index (χ1n) is 3.94. The maximum Gasteiger partial charge on any atom is 0.361 e. The fourth-order valence-electron chi connectivity index (χ4n) is 0.725. The van der Waals surface area contributed by atoms with Crippen molar-refractivity contribution < 1.29 is 9.45 Å². The van der Waals surface area contributed by atoms with Gasteiger partial charge in [-0.2, -0.15) is 0 Å². The molecular weight excluding hydrogens is 127 g/mol. The zero-order valence-electron chi connectivity index (χ0n) is 7.02. The van der Waals surface area contributed by atoms with E-state index in [-0.39, 0.29) is 12.9 Å². The van der Waals surface area contributed by atoms with Crippen molar-refractivity contribution >= 4 is 12.9 Å². The van der Waals surface area contributed by atoms with Crippen LogP contribution in [0.4, 0.5) is 0 Å². The van der Waals surface area contributed by atoms with Gasteiger partial charge in [-0.1, -0.05) is 20.8 Å². The molecule has 0 heterocycles. The first-order valence-corrected chi connectivity index (χ1v) is 3.94. The molecule has 0 aliphatic heterocycles. The Hall–Kier alpha value is -0.465. The molecule has 3 heteroatoms. The molecule has 0 bridgehead atoms. The molecule has 0 aliphatic carbocycles. The number of hydrogen-bond donors (Lipinski definition) is 0. The fourth-order valence-corrected chi connectivity index (χ4v) is 0.725. The predicted octanol–water partition coefficient (Wildman–Crippen LogP) is 1.97. The molecule has 58 valence electrons. The highest BCUT2D eigenvalue weighted by Gasteiger charge is 2.13. The van der Waals surface area contributed by atoms with Crippen LogP contribution in [0.15, 0.2) is 0 Å². The van der Waals surface area contributed by atoms with Crippen molar-refractivity contribution in [3.8, 4) is 0 Å². The highest BCUT2D eigenvalue weighted by molar-refractivity contribution is 6.53. The molecule has 0 amide bonds. The molecule has 10 heavy (non-hydrogen) atoms. The second-order valence-electron chi connectivity index (χ2n) is 2.28. The van der Waals surface area contributed by atoms with Gasteiger partial charge in [-0.05, 0) is 12.6 Å². The number of hydrogen-bond acceptors (Lipinski definition) is 2. The largest absolute Gasteiger partial charge is 0.536 e. The topological polar surface area (TPSA) is 26.3 Å². The first kappa shape index (κ1) is 9.53. The summed E-state index contributed by atoms with van der Waals surface area (Å²) >= 11 is 0. The van der Waals surface area contributed by atoms with Gasteiger partial charge in [-0.15, -0.1) is 0 Å². The van der Waals surface area contributed by atoms with E-state index in [1.54, 1.807) is 0 Å². The zero-order valence-corrected chi connectivity index (χ0v) is 7.02. The van der Waals surface area contributed by atoms with Gasteiger partial charge in [0.05, 0.1) is 0 Å². The lowest BCUT2D eigenvalue weighted by Crippen LogP contribution is -2.19. The SMILES string of the molecule is CCB(CC)OC(=O)CC. The third kappa shape index (κ3) is 3.54. The number of carbonyl (C=O) groups excluding carboxylic acids is 1. The van der Waals surface area contributed by atoms with Crippen LogP contribution in [0.25, 0.3) is 0 Å². The van der Waals surface area contributed by atoms with Gasteiger partial charge in [-0.25, -0.2) is 0 Å². The van der Waals surface area contributed by atoms with E-state index in [0.717, 1.165) is 12.6 Å². The lowest BCUT2D eigenvalue weighted by atomic mass is 9.62. The first-order chi connectivity index (χ1) is 4.74. The third-order valence-corrected chi connectivity index (χ3v) is 1.50. The van der Waals surface area contributed by atoms with Gasteiger partial charge in [0.15, 0.2) is 0 Å². The van der Waals surface area contributed by atoms with Crippen molar-refractivity contribution in [3.63, 3.8) is 0 Å². The Balaban J connectivity index is 3.52. The highest BCUT2D eigenvalue weighted by Crippen LogP contribution is 2.00. The van der Waals surface area contributed by atoms with E-state index in [9.17, 15) is 4.79 Å². The Labute approximate surface area is 63.1 Å². The molecule has 0 aromatic heterocycles. The quantitative estimate of drug-likeness (QED) is 0.561.